The Morgan fingerprint density at radius 2 is 1.91 bits per heavy atom. The van der Waals surface area contributed by atoms with Crippen LogP contribution in [0.4, 0.5) is 5.69 Å². The van der Waals surface area contributed by atoms with Crippen molar-refractivity contribution in [1.82, 2.24) is 4.72 Å². The van der Waals surface area contributed by atoms with Gasteiger partial charge in [-0.25, -0.2) is 13.1 Å². The van der Waals surface area contributed by atoms with E-state index in [9.17, 15) is 13.2 Å². The molecule has 1 amide bonds. The molecule has 0 fully saturated rings. The van der Waals surface area contributed by atoms with Gasteiger partial charge in [0.15, 0.2) is 0 Å². The van der Waals surface area contributed by atoms with Crippen LogP contribution >= 0.6 is 27.5 Å². The Labute approximate surface area is 141 Å². The van der Waals surface area contributed by atoms with Gasteiger partial charge in [-0.05, 0) is 43.4 Å². The van der Waals surface area contributed by atoms with Gasteiger partial charge in [0.05, 0.1) is 5.02 Å². The summed E-state index contributed by atoms with van der Waals surface area (Å²) in [5.41, 5.74) is 0.783. The van der Waals surface area contributed by atoms with Gasteiger partial charge in [-0.2, -0.15) is 0 Å². The summed E-state index contributed by atoms with van der Waals surface area (Å²) in [6.45, 7) is 0. The molecule has 116 valence electrons. The normalized spacial score (nSPS) is 11.2. The maximum Gasteiger partial charge on any atom is 0.255 e. The van der Waals surface area contributed by atoms with Gasteiger partial charge < -0.3 is 5.32 Å². The zero-order valence-electron chi connectivity index (χ0n) is 11.4. The molecule has 0 aromatic heterocycles. The zero-order valence-corrected chi connectivity index (χ0v) is 14.6. The van der Waals surface area contributed by atoms with Gasteiger partial charge in [0.25, 0.3) is 5.91 Å². The molecule has 0 aliphatic carbocycles. The van der Waals surface area contributed by atoms with Gasteiger partial charge in [-0.1, -0.05) is 33.6 Å². The molecular weight excluding hydrogens is 392 g/mol. The van der Waals surface area contributed by atoms with Crippen LogP contribution in [-0.2, 0) is 10.0 Å². The van der Waals surface area contributed by atoms with E-state index in [1.807, 2.05) is 6.07 Å². The third kappa shape index (κ3) is 3.86. The fourth-order valence-corrected chi connectivity index (χ4v) is 3.38. The van der Waals surface area contributed by atoms with Crippen LogP contribution in [0.15, 0.2) is 51.8 Å². The largest absolute Gasteiger partial charge is 0.322 e. The minimum Gasteiger partial charge on any atom is -0.322 e. The summed E-state index contributed by atoms with van der Waals surface area (Å²) in [5, 5.41) is 2.74. The number of carbonyl (C=O) groups is 1. The van der Waals surface area contributed by atoms with E-state index in [1.165, 1.54) is 25.2 Å². The van der Waals surface area contributed by atoms with Crippen molar-refractivity contribution in [2.45, 2.75) is 4.90 Å². The van der Waals surface area contributed by atoms with Crippen LogP contribution in [0.5, 0.6) is 0 Å². The molecule has 0 bridgehead atoms. The SMILES string of the molecule is CNS(=O)(=O)c1cc(C(=O)Nc2cccc(Br)c2)ccc1Cl. The number of nitrogens with one attached hydrogen (secondary N) is 2. The highest BCUT2D eigenvalue weighted by Crippen LogP contribution is 2.23. The second-order valence-electron chi connectivity index (χ2n) is 4.32. The van der Waals surface area contributed by atoms with Crippen molar-refractivity contribution >= 4 is 49.1 Å². The highest BCUT2D eigenvalue weighted by molar-refractivity contribution is 9.10. The summed E-state index contributed by atoms with van der Waals surface area (Å²) in [6.07, 6.45) is 0. The first-order valence-electron chi connectivity index (χ1n) is 6.13. The van der Waals surface area contributed by atoms with Gasteiger partial charge in [0.2, 0.25) is 10.0 Å². The number of benzene rings is 2. The van der Waals surface area contributed by atoms with E-state index in [4.69, 9.17) is 11.6 Å². The number of hydrogen-bond donors (Lipinski definition) is 2. The molecule has 0 atom stereocenters. The first-order valence-corrected chi connectivity index (χ1v) is 8.79. The van der Waals surface area contributed by atoms with Gasteiger partial charge >= 0.3 is 0 Å². The van der Waals surface area contributed by atoms with E-state index in [1.54, 1.807) is 18.2 Å². The van der Waals surface area contributed by atoms with Crippen LogP contribution in [0.25, 0.3) is 0 Å². The highest BCUT2D eigenvalue weighted by Gasteiger charge is 2.18. The van der Waals surface area contributed by atoms with E-state index >= 15 is 0 Å². The van der Waals surface area contributed by atoms with Crippen LogP contribution in [0.1, 0.15) is 10.4 Å². The Hall–Kier alpha value is -1.41. The average molecular weight is 404 g/mol. The number of hydrogen-bond acceptors (Lipinski definition) is 3. The fourth-order valence-electron chi connectivity index (χ4n) is 1.73. The van der Waals surface area contributed by atoms with Crippen molar-refractivity contribution in [3.8, 4) is 0 Å². The number of amides is 1. The number of sulfonamides is 1. The molecule has 0 unspecified atom stereocenters. The monoisotopic (exact) mass is 402 g/mol. The highest BCUT2D eigenvalue weighted by atomic mass is 79.9. The molecule has 0 saturated carbocycles. The minimum absolute atomic E-state index is 0.0494. The summed E-state index contributed by atoms with van der Waals surface area (Å²) >= 11 is 9.20. The molecule has 0 aliphatic heterocycles. The molecule has 2 aromatic rings. The van der Waals surface area contributed by atoms with E-state index in [0.29, 0.717) is 5.69 Å². The summed E-state index contributed by atoms with van der Waals surface area (Å²) in [4.78, 5) is 12.1. The maximum absolute atomic E-state index is 12.2. The zero-order chi connectivity index (χ0) is 16.3. The van der Waals surface area contributed by atoms with Crippen LogP contribution in [0, 0.1) is 0 Å². The molecule has 0 radical (unpaired) electrons. The first-order chi connectivity index (χ1) is 10.3. The maximum atomic E-state index is 12.2. The van der Waals surface area contributed by atoms with Gasteiger partial charge in [0, 0.05) is 15.7 Å². The van der Waals surface area contributed by atoms with E-state index in [-0.39, 0.29) is 15.5 Å². The Bertz CT molecular complexity index is 825. The lowest BCUT2D eigenvalue weighted by Gasteiger charge is -2.09. The second-order valence-corrected chi connectivity index (χ2v) is 7.50. The lowest BCUT2D eigenvalue weighted by Crippen LogP contribution is -2.20. The quantitative estimate of drug-likeness (QED) is 0.823. The molecule has 8 heteroatoms. The Morgan fingerprint density at radius 1 is 1.18 bits per heavy atom. The standard InChI is InChI=1S/C14H12BrClN2O3S/c1-17-22(20,21)13-7-9(5-6-12(13)16)14(19)18-11-4-2-3-10(15)8-11/h2-8,17H,1H3,(H,18,19). The van der Waals surface area contributed by atoms with E-state index < -0.39 is 15.9 Å². The summed E-state index contributed by atoms with van der Waals surface area (Å²) in [5.74, 6) is -0.428. The molecule has 22 heavy (non-hydrogen) atoms. The second kappa shape index (κ2) is 6.78. The van der Waals surface area contributed by atoms with E-state index in [0.717, 1.165) is 4.47 Å². The molecule has 0 saturated heterocycles. The fraction of sp³-hybridized carbons (Fsp3) is 0.0714. The number of anilines is 1. The Balaban J connectivity index is 2.33. The lowest BCUT2D eigenvalue weighted by molar-refractivity contribution is 0.102. The molecule has 0 aliphatic rings. The predicted molar refractivity (Wildman–Crippen MR) is 89.8 cm³/mol. The number of halogens is 2. The first kappa shape index (κ1) is 17.0. The van der Waals surface area contributed by atoms with Crippen molar-refractivity contribution < 1.29 is 13.2 Å². The van der Waals surface area contributed by atoms with Crippen LogP contribution in [0.3, 0.4) is 0 Å². The van der Waals surface area contributed by atoms with Crippen LogP contribution in [-0.4, -0.2) is 21.4 Å². The lowest BCUT2D eigenvalue weighted by atomic mass is 10.2. The molecule has 2 aromatic carbocycles. The van der Waals surface area contributed by atoms with Gasteiger partial charge in [-0.15, -0.1) is 0 Å². The third-order valence-electron chi connectivity index (χ3n) is 2.83. The summed E-state index contributed by atoms with van der Waals surface area (Å²) < 4.78 is 26.7. The third-order valence-corrected chi connectivity index (χ3v) is 5.22. The van der Waals surface area contributed by atoms with Gasteiger partial charge in [-0.3, -0.25) is 4.79 Å². The summed E-state index contributed by atoms with van der Waals surface area (Å²) in [6, 6.07) is 11.1. The Kier molecular flexibility index (Phi) is 5.23. The molecule has 0 heterocycles. The van der Waals surface area contributed by atoms with Crippen LogP contribution < -0.4 is 10.0 Å². The predicted octanol–water partition coefficient (Wildman–Crippen LogP) is 3.26. The number of rotatable bonds is 4. The molecule has 0 spiro atoms. The van der Waals surface area contributed by atoms with Crippen molar-refractivity contribution in [2.75, 3.05) is 12.4 Å². The van der Waals surface area contributed by atoms with Gasteiger partial charge in [0.1, 0.15) is 4.90 Å². The topological polar surface area (TPSA) is 75.3 Å². The van der Waals surface area contributed by atoms with Crippen molar-refractivity contribution in [3.05, 3.63) is 57.5 Å². The van der Waals surface area contributed by atoms with Crippen molar-refractivity contribution in [2.24, 2.45) is 0 Å². The van der Waals surface area contributed by atoms with E-state index in [2.05, 4.69) is 26.0 Å². The molecular formula is C14H12BrClN2O3S. The average Bonchev–Trinajstić information content (AvgIpc) is 2.47. The molecule has 2 N–H and O–H groups in total. The smallest absolute Gasteiger partial charge is 0.255 e. The molecule has 2 rings (SSSR count). The van der Waals surface area contributed by atoms with Crippen LogP contribution in [0.2, 0.25) is 5.02 Å². The number of carbonyl (C=O) groups excluding carboxylic acids is 1. The Morgan fingerprint density at radius 3 is 2.55 bits per heavy atom. The molecule has 5 nitrogen and oxygen atoms in total. The minimum atomic E-state index is -3.73. The van der Waals surface area contributed by atoms with Crippen molar-refractivity contribution in [3.63, 3.8) is 0 Å². The van der Waals surface area contributed by atoms with Crippen molar-refractivity contribution in [1.29, 1.82) is 0 Å². The summed E-state index contributed by atoms with van der Waals surface area (Å²) in [7, 11) is -2.46.